The molecule has 0 aromatic rings. The Morgan fingerprint density at radius 3 is 1.91 bits per heavy atom. The maximum atomic E-state index is 8.36. The number of morpholine rings is 1. The van der Waals surface area contributed by atoms with Crippen LogP contribution in [0.3, 0.4) is 0 Å². The van der Waals surface area contributed by atoms with Gasteiger partial charge in [-0.15, -0.1) is 10.1 Å². The van der Waals surface area contributed by atoms with E-state index in [-0.39, 0.29) is 6.15 Å². The van der Waals surface area contributed by atoms with Crippen LogP contribution >= 0.6 is 0 Å². The lowest BCUT2D eigenvalue weighted by Gasteiger charge is -2.10. The average molecular weight is 167 g/mol. The SMILES string of the molecule is C1COCCN1.N.O=[N+]([O-])O. The fourth-order valence-electron chi connectivity index (χ4n) is 0.516. The second kappa shape index (κ2) is 9.08. The molecule has 0 unspecified atom stereocenters. The van der Waals surface area contributed by atoms with E-state index in [4.69, 9.17) is 20.1 Å². The van der Waals surface area contributed by atoms with Gasteiger partial charge in [0.1, 0.15) is 0 Å². The molecule has 0 bridgehead atoms. The van der Waals surface area contributed by atoms with Crippen molar-refractivity contribution in [1.82, 2.24) is 11.5 Å². The van der Waals surface area contributed by atoms with Gasteiger partial charge in [0.2, 0.25) is 0 Å². The van der Waals surface area contributed by atoms with Crippen LogP contribution in [0.15, 0.2) is 0 Å². The Morgan fingerprint density at radius 1 is 1.45 bits per heavy atom. The Kier molecular flexibility index (Phi) is 10.5. The first-order chi connectivity index (χ1) is 4.73. The number of nitrogens with zero attached hydrogens (tertiary/aromatic N) is 1. The maximum Gasteiger partial charge on any atom is 0.291 e. The van der Waals surface area contributed by atoms with Crippen molar-refractivity contribution in [1.29, 1.82) is 0 Å². The molecule has 11 heavy (non-hydrogen) atoms. The number of rotatable bonds is 0. The quantitative estimate of drug-likeness (QED) is 0.328. The van der Waals surface area contributed by atoms with Crippen molar-refractivity contribution in [3.8, 4) is 0 Å². The lowest BCUT2D eigenvalue weighted by Crippen LogP contribution is -2.30. The third kappa shape index (κ3) is 17.6. The van der Waals surface area contributed by atoms with E-state index in [1.165, 1.54) is 0 Å². The smallest absolute Gasteiger partial charge is 0.291 e. The molecule has 0 spiro atoms. The Bertz CT molecular complexity index is 79.8. The van der Waals surface area contributed by atoms with Crippen molar-refractivity contribution in [2.75, 3.05) is 26.3 Å². The van der Waals surface area contributed by atoms with Gasteiger partial charge in [-0.05, 0) is 0 Å². The van der Waals surface area contributed by atoms with E-state index in [1.54, 1.807) is 0 Å². The van der Waals surface area contributed by atoms with Crippen LogP contribution in [0, 0.1) is 10.1 Å². The van der Waals surface area contributed by atoms with E-state index < -0.39 is 5.09 Å². The van der Waals surface area contributed by atoms with Gasteiger partial charge in [-0.1, -0.05) is 0 Å². The Hall–Kier alpha value is -0.920. The Balaban J connectivity index is 0. The van der Waals surface area contributed by atoms with Gasteiger partial charge >= 0.3 is 0 Å². The van der Waals surface area contributed by atoms with E-state index in [9.17, 15) is 0 Å². The third-order valence-corrected chi connectivity index (χ3v) is 0.846. The number of ether oxygens (including phenoxy) is 1. The summed E-state index contributed by atoms with van der Waals surface area (Å²) in [5.41, 5.74) is 0. The molecule has 5 N–H and O–H groups in total. The first-order valence-electron chi connectivity index (χ1n) is 2.85. The third-order valence-electron chi connectivity index (χ3n) is 0.846. The zero-order valence-corrected chi connectivity index (χ0v) is 6.15. The molecule has 7 heteroatoms. The maximum absolute atomic E-state index is 8.36. The van der Waals surface area contributed by atoms with E-state index in [2.05, 4.69) is 5.32 Å². The van der Waals surface area contributed by atoms with E-state index in [0.29, 0.717) is 0 Å². The van der Waals surface area contributed by atoms with E-state index in [0.717, 1.165) is 26.3 Å². The molecule has 1 rings (SSSR count). The number of hydrogen-bond acceptors (Lipinski definition) is 5. The predicted molar refractivity (Wildman–Crippen MR) is 37.5 cm³/mol. The summed E-state index contributed by atoms with van der Waals surface area (Å²) in [6.07, 6.45) is 0. The minimum absolute atomic E-state index is 0. The predicted octanol–water partition coefficient (Wildman–Crippen LogP) is -0.579. The highest BCUT2D eigenvalue weighted by Gasteiger charge is 1.92. The van der Waals surface area contributed by atoms with Gasteiger partial charge in [0.25, 0.3) is 5.09 Å². The summed E-state index contributed by atoms with van der Waals surface area (Å²) in [6.45, 7) is 3.83. The van der Waals surface area contributed by atoms with Gasteiger partial charge in [-0.3, -0.25) is 0 Å². The highest BCUT2D eigenvalue weighted by molar-refractivity contribution is 4.49. The summed E-state index contributed by atoms with van der Waals surface area (Å²) in [5.74, 6) is 0. The van der Waals surface area contributed by atoms with Crippen LogP contribution in [0.4, 0.5) is 0 Å². The molecule has 68 valence electrons. The van der Waals surface area contributed by atoms with E-state index >= 15 is 0 Å². The molecule has 1 heterocycles. The highest BCUT2D eigenvalue weighted by atomic mass is 16.9. The summed E-state index contributed by atoms with van der Waals surface area (Å²) in [5, 5.41) is 16.8. The summed E-state index contributed by atoms with van der Waals surface area (Å²) in [7, 11) is 0. The van der Waals surface area contributed by atoms with Gasteiger partial charge in [0.05, 0.1) is 13.2 Å². The van der Waals surface area contributed by atoms with Crippen molar-refractivity contribution in [2.24, 2.45) is 0 Å². The minimum Gasteiger partial charge on any atom is -0.379 e. The fraction of sp³-hybridized carbons (Fsp3) is 1.00. The average Bonchev–Trinajstić information content (AvgIpc) is 1.90. The number of hydrogen-bond donors (Lipinski definition) is 3. The zero-order chi connectivity index (χ0) is 7.82. The molecule has 0 aromatic carbocycles. The van der Waals surface area contributed by atoms with Crippen LogP contribution < -0.4 is 11.5 Å². The summed E-state index contributed by atoms with van der Waals surface area (Å²) in [6, 6.07) is 0. The molecule has 0 aliphatic carbocycles. The molecule has 1 aliphatic heterocycles. The zero-order valence-electron chi connectivity index (χ0n) is 6.15. The molecule has 1 aliphatic rings. The summed E-state index contributed by atoms with van der Waals surface area (Å²) in [4.78, 5) is 8.36. The normalized spacial score (nSPS) is 15.3. The first-order valence-corrected chi connectivity index (χ1v) is 2.85. The lowest BCUT2D eigenvalue weighted by molar-refractivity contribution is -0.742. The van der Waals surface area contributed by atoms with Crippen molar-refractivity contribution >= 4 is 0 Å². The molecule has 1 fully saturated rings. The first kappa shape index (κ1) is 12.7. The van der Waals surface area contributed by atoms with Gasteiger partial charge in [0.15, 0.2) is 0 Å². The molecule has 0 radical (unpaired) electrons. The van der Waals surface area contributed by atoms with Crippen LogP contribution in [0.5, 0.6) is 0 Å². The van der Waals surface area contributed by atoms with Crippen LogP contribution in [0.2, 0.25) is 0 Å². The van der Waals surface area contributed by atoms with Crippen molar-refractivity contribution in [3.05, 3.63) is 10.1 Å². The molecular weight excluding hydrogens is 154 g/mol. The molecule has 0 aromatic heterocycles. The summed E-state index contributed by atoms with van der Waals surface area (Å²) < 4.78 is 5.01. The highest BCUT2D eigenvalue weighted by Crippen LogP contribution is 1.76. The van der Waals surface area contributed by atoms with Crippen molar-refractivity contribution in [3.63, 3.8) is 0 Å². The topological polar surface area (TPSA) is 120 Å². The van der Waals surface area contributed by atoms with E-state index in [1.807, 2.05) is 0 Å². The largest absolute Gasteiger partial charge is 0.379 e. The van der Waals surface area contributed by atoms with Crippen LogP contribution in [-0.2, 0) is 4.74 Å². The molecular formula is C4H13N3O4. The minimum atomic E-state index is -1.50. The lowest BCUT2D eigenvalue weighted by atomic mass is 10.5. The Morgan fingerprint density at radius 2 is 1.82 bits per heavy atom. The fourth-order valence-corrected chi connectivity index (χ4v) is 0.516. The second-order valence-corrected chi connectivity index (χ2v) is 1.60. The summed E-state index contributed by atoms with van der Waals surface area (Å²) >= 11 is 0. The van der Waals surface area contributed by atoms with Crippen molar-refractivity contribution < 1.29 is 15.0 Å². The second-order valence-electron chi connectivity index (χ2n) is 1.60. The van der Waals surface area contributed by atoms with Gasteiger partial charge in [-0.25, -0.2) is 0 Å². The molecule has 0 amide bonds. The van der Waals surface area contributed by atoms with Crippen LogP contribution in [0.1, 0.15) is 0 Å². The molecule has 1 saturated heterocycles. The molecule has 0 saturated carbocycles. The monoisotopic (exact) mass is 167 g/mol. The van der Waals surface area contributed by atoms with Crippen LogP contribution in [0.25, 0.3) is 0 Å². The Labute approximate surface area is 64.0 Å². The van der Waals surface area contributed by atoms with Crippen molar-refractivity contribution in [2.45, 2.75) is 0 Å². The van der Waals surface area contributed by atoms with Gasteiger partial charge < -0.3 is 21.4 Å². The van der Waals surface area contributed by atoms with Crippen LogP contribution in [-0.4, -0.2) is 36.6 Å². The number of nitrogens with one attached hydrogen (secondary N) is 1. The van der Waals surface area contributed by atoms with Gasteiger partial charge in [-0.2, -0.15) is 0 Å². The van der Waals surface area contributed by atoms with Gasteiger partial charge in [0, 0.05) is 13.1 Å². The standard InChI is InChI=1S/C4H9NO.HNO3.H3N/c1-3-6-4-2-5-1;2-1(3)4;/h5H,1-4H2;(H,2,3,4);1H3. The molecule has 0 atom stereocenters. The molecule has 7 nitrogen and oxygen atoms in total.